The van der Waals surface area contributed by atoms with Crippen molar-refractivity contribution in [3.05, 3.63) is 70.0 Å². The maximum Gasteiger partial charge on any atom is 0.269 e. The molecular formula is C14H12N3O4+. The summed E-state index contributed by atoms with van der Waals surface area (Å²) < 4.78 is 1.64. The van der Waals surface area contributed by atoms with Crippen LogP contribution in [0.4, 0.5) is 5.69 Å². The molecule has 1 N–H and O–H groups in total. The SMILES string of the molecule is O=C(C[n+]1cccc(C=NO)c1)c1ccc([N+](=O)[O-])cc1. The van der Waals surface area contributed by atoms with Crippen LogP contribution < -0.4 is 4.57 Å². The first-order valence-electron chi connectivity index (χ1n) is 6.04. The summed E-state index contributed by atoms with van der Waals surface area (Å²) in [5, 5.41) is 22.0. The molecule has 21 heavy (non-hydrogen) atoms. The Morgan fingerprint density at radius 3 is 2.67 bits per heavy atom. The Hall–Kier alpha value is -3.09. The van der Waals surface area contributed by atoms with Gasteiger partial charge in [0, 0.05) is 23.8 Å². The highest BCUT2D eigenvalue weighted by Gasteiger charge is 2.14. The zero-order chi connectivity index (χ0) is 15.2. The molecule has 0 radical (unpaired) electrons. The van der Waals surface area contributed by atoms with E-state index in [4.69, 9.17) is 5.21 Å². The number of ketones is 1. The minimum atomic E-state index is -0.513. The van der Waals surface area contributed by atoms with E-state index in [1.54, 1.807) is 29.1 Å². The number of nitro benzene ring substituents is 1. The Morgan fingerprint density at radius 2 is 2.05 bits per heavy atom. The second-order valence-corrected chi connectivity index (χ2v) is 4.28. The number of carbonyl (C=O) groups is 1. The van der Waals surface area contributed by atoms with Crippen LogP contribution in [-0.2, 0) is 6.54 Å². The quantitative estimate of drug-likeness (QED) is 0.225. The average molecular weight is 286 g/mol. The van der Waals surface area contributed by atoms with Gasteiger partial charge in [-0.25, -0.2) is 0 Å². The van der Waals surface area contributed by atoms with Crippen molar-refractivity contribution in [3.8, 4) is 0 Å². The highest BCUT2D eigenvalue weighted by atomic mass is 16.6. The van der Waals surface area contributed by atoms with Crippen LogP contribution in [0.2, 0.25) is 0 Å². The highest BCUT2D eigenvalue weighted by Crippen LogP contribution is 2.12. The van der Waals surface area contributed by atoms with E-state index in [0.29, 0.717) is 11.1 Å². The molecule has 0 amide bonds. The van der Waals surface area contributed by atoms with E-state index in [0.717, 1.165) is 0 Å². The topological polar surface area (TPSA) is 96.7 Å². The van der Waals surface area contributed by atoms with Gasteiger partial charge >= 0.3 is 0 Å². The molecule has 1 aromatic carbocycles. The second kappa shape index (κ2) is 6.38. The van der Waals surface area contributed by atoms with Crippen LogP contribution in [-0.4, -0.2) is 22.1 Å². The number of rotatable bonds is 5. The van der Waals surface area contributed by atoms with Gasteiger partial charge in [-0.3, -0.25) is 14.9 Å². The van der Waals surface area contributed by atoms with Gasteiger partial charge < -0.3 is 5.21 Å². The van der Waals surface area contributed by atoms with Gasteiger partial charge in [0.2, 0.25) is 12.3 Å². The number of hydrogen-bond acceptors (Lipinski definition) is 5. The van der Waals surface area contributed by atoms with Gasteiger partial charge in [0.1, 0.15) is 0 Å². The normalized spacial score (nSPS) is 10.7. The molecule has 0 saturated carbocycles. The number of Topliss-reactive ketones (excluding diaryl/α,β-unsaturated/α-hetero) is 1. The number of nitro groups is 1. The minimum absolute atomic E-state index is 0.0552. The van der Waals surface area contributed by atoms with Crippen molar-refractivity contribution in [2.24, 2.45) is 5.16 Å². The molecule has 0 aliphatic carbocycles. The molecule has 0 bridgehead atoms. The predicted octanol–water partition coefficient (Wildman–Crippen LogP) is 1.57. The minimum Gasteiger partial charge on any atom is -0.411 e. The molecular weight excluding hydrogens is 274 g/mol. The monoisotopic (exact) mass is 286 g/mol. The number of hydrogen-bond donors (Lipinski definition) is 1. The molecule has 106 valence electrons. The molecule has 0 aliphatic heterocycles. The van der Waals surface area contributed by atoms with Crippen LogP contribution in [0.3, 0.4) is 0 Å². The molecule has 1 aromatic heterocycles. The number of oxime groups is 1. The van der Waals surface area contributed by atoms with Crippen molar-refractivity contribution in [1.29, 1.82) is 0 Å². The highest BCUT2D eigenvalue weighted by molar-refractivity contribution is 5.95. The summed E-state index contributed by atoms with van der Waals surface area (Å²) in [6, 6.07) is 8.91. The Morgan fingerprint density at radius 1 is 1.33 bits per heavy atom. The van der Waals surface area contributed by atoms with E-state index < -0.39 is 4.92 Å². The smallest absolute Gasteiger partial charge is 0.269 e. The predicted molar refractivity (Wildman–Crippen MR) is 73.4 cm³/mol. The number of non-ortho nitro benzene ring substituents is 1. The van der Waals surface area contributed by atoms with E-state index in [-0.39, 0.29) is 18.0 Å². The third-order valence-electron chi connectivity index (χ3n) is 2.81. The average Bonchev–Trinajstić information content (AvgIpc) is 2.48. The van der Waals surface area contributed by atoms with Crippen LogP contribution in [0, 0.1) is 10.1 Å². The first-order chi connectivity index (χ1) is 10.1. The van der Waals surface area contributed by atoms with Gasteiger partial charge in [-0.1, -0.05) is 5.16 Å². The molecule has 0 atom stereocenters. The standard InChI is InChI=1S/C14H11N3O4/c18-14(12-3-5-13(6-4-12)17(20)21)10-16-7-1-2-11(9-16)8-15-19/h1-9H,10H2/p+1. The lowest BCUT2D eigenvalue weighted by atomic mass is 10.1. The van der Waals surface area contributed by atoms with Crippen LogP contribution in [0.25, 0.3) is 0 Å². The Bertz CT molecular complexity index is 696. The molecule has 0 unspecified atom stereocenters. The fourth-order valence-electron chi connectivity index (χ4n) is 1.81. The van der Waals surface area contributed by atoms with E-state index in [1.807, 2.05) is 0 Å². The first kappa shape index (κ1) is 14.3. The number of benzene rings is 1. The third-order valence-corrected chi connectivity index (χ3v) is 2.81. The van der Waals surface area contributed by atoms with Crippen LogP contribution in [0.5, 0.6) is 0 Å². The van der Waals surface area contributed by atoms with Crippen molar-refractivity contribution < 1.29 is 19.5 Å². The lowest BCUT2D eigenvalue weighted by Crippen LogP contribution is -2.37. The second-order valence-electron chi connectivity index (χ2n) is 4.28. The summed E-state index contributed by atoms with van der Waals surface area (Å²) in [6.07, 6.45) is 4.62. The molecule has 2 rings (SSSR count). The largest absolute Gasteiger partial charge is 0.411 e. The van der Waals surface area contributed by atoms with Crippen molar-refractivity contribution >= 4 is 17.7 Å². The lowest BCUT2D eigenvalue weighted by molar-refractivity contribution is -0.683. The fourth-order valence-corrected chi connectivity index (χ4v) is 1.81. The van der Waals surface area contributed by atoms with Gasteiger partial charge in [-0.2, -0.15) is 4.57 Å². The summed E-state index contributed by atoms with van der Waals surface area (Å²) in [5.74, 6) is -0.173. The van der Waals surface area contributed by atoms with E-state index in [2.05, 4.69) is 5.16 Å². The van der Waals surface area contributed by atoms with E-state index >= 15 is 0 Å². The number of aromatic nitrogens is 1. The lowest BCUT2D eigenvalue weighted by Gasteiger charge is -1.99. The van der Waals surface area contributed by atoms with Gasteiger partial charge in [0.05, 0.1) is 16.7 Å². The zero-order valence-electron chi connectivity index (χ0n) is 10.9. The zero-order valence-corrected chi connectivity index (χ0v) is 10.9. The van der Waals surface area contributed by atoms with E-state index in [1.165, 1.54) is 30.5 Å². The number of pyridine rings is 1. The molecule has 2 aromatic rings. The maximum absolute atomic E-state index is 12.1. The van der Waals surface area contributed by atoms with Crippen LogP contribution in [0.15, 0.2) is 53.9 Å². The van der Waals surface area contributed by atoms with Crippen molar-refractivity contribution in [2.75, 3.05) is 0 Å². The Balaban J connectivity index is 2.14. The summed E-state index contributed by atoms with van der Waals surface area (Å²) in [4.78, 5) is 22.1. The molecule has 0 spiro atoms. The molecule has 0 fully saturated rings. The van der Waals surface area contributed by atoms with Gasteiger partial charge in [-0.15, -0.1) is 0 Å². The summed E-state index contributed by atoms with van der Waals surface area (Å²) in [6.45, 7) is 0.0882. The van der Waals surface area contributed by atoms with E-state index in [9.17, 15) is 14.9 Å². The van der Waals surface area contributed by atoms with Gasteiger partial charge in [-0.05, 0) is 18.2 Å². The maximum atomic E-state index is 12.1. The molecule has 0 saturated heterocycles. The summed E-state index contributed by atoms with van der Waals surface area (Å²) in [5.41, 5.74) is 0.992. The first-order valence-corrected chi connectivity index (χ1v) is 6.04. The van der Waals surface area contributed by atoms with Crippen molar-refractivity contribution in [3.63, 3.8) is 0 Å². The van der Waals surface area contributed by atoms with Crippen LogP contribution >= 0.6 is 0 Å². The molecule has 0 aliphatic rings. The van der Waals surface area contributed by atoms with Gasteiger partial charge in [0.25, 0.3) is 5.69 Å². The van der Waals surface area contributed by atoms with Crippen LogP contribution in [0.1, 0.15) is 15.9 Å². The summed E-state index contributed by atoms with van der Waals surface area (Å²) >= 11 is 0. The Kier molecular flexibility index (Phi) is 4.35. The number of carbonyl (C=O) groups excluding carboxylic acids is 1. The summed E-state index contributed by atoms with van der Waals surface area (Å²) in [7, 11) is 0. The van der Waals surface area contributed by atoms with Crippen molar-refractivity contribution in [1.82, 2.24) is 0 Å². The number of nitrogens with zero attached hydrogens (tertiary/aromatic N) is 3. The molecule has 7 heteroatoms. The Labute approximate surface area is 119 Å². The van der Waals surface area contributed by atoms with Crippen molar-refractivity contribution in [2.45, 2.75) is 6.54 Å². The third kappa shape index (κ3) is 3.69. The molecule has 7 nitrogen and oxygen atoms in total. The van der Waals surface area contributed by atoms with Gasteiger partial charge in [0.15, 0.2) is 12.4 Å². The fraction of sp³-hybridized carbons (Fsp3) is 0.0714. The molecule has 1 heterocycles.